The fraction of sp³-hybridized carbons (Fsp3) is 0. The molecule has 1 aliphatic rings. The Labute approximate surface area is 117 Å². The summed E-state index contributed by atoms with van der Waals surface area (Å²) < 4.78 is 1.22. The molecule has 69 valence electrons. The molecule has 0 saturated heterocycles. The van der Waals surface area contributed by atoms with E-state index in [2.05, 4.69) is 59.5 Å². The normalized spacial score (nSPS) is 10.8. The molecular weight excluding hydrogens is 319 g/mol. The van der Waals surface area contributed by atoms with Crippen LogP contribution >= 0.6 is 22.6 Å². The Morgan fingerprint density at radius 3 is 2.47 bits per heavy atom. The Balaban J connectivity index is 1.91. The molecule has 0 spiro atoms. The Kier molecular flexibility index (Phi) is 3.61. The molecule has 2 aromatic heterocycles. The van der Waals surface area contributed by atoms with E-state index in [4.69, 9.17) is 5.26 Å². The Bertz CT molecular complexity index is 566. The van der Waals surface area contributed by atoms with Crippen molar-refractivity contribution in [3.63, 3.8) is 0 Å². The first-order valence-corrected chi connectivity index (χ1v) is 6.21. The van der Waals surface area contributed by atoms with Gasteiger partial charge in [-0.2, -0.15) is 0 Å². The van der Waals surface area contributed by atoms with Crippen molar-refractivity contribution in [1.29, 1.82) is 0 Å². The summed E-state index contributed by atoms with van der Waals surface area (Å²) in [5.41, 5.74) is 2.71. The first kappa shape index (κ1) is 12.2. The number of nitrogens with zero attached hydrogens (tertiary/aromatic N) is 1. The molecule has 3 rings (SSSR count). The first-order chi connectivity index (χ1) is 8.28. The second-order valence-electron chi connectivity index (χ2n) is 3.79. The molecule has 12 heteroatoms. The van der Waals surface area contributed by atoms with Gasteiger partial charge in [-0.15, -0.1) is 0 Å². The van der Waals surface area contributed by atoms with Gasteiger partial charge in [0.1, 0.15) is 0 Å². The molecule has 3 heterocycles. The predicted octanol–water partition coefficient (Wildman–Crippen LogP) is -2.09. The standard InChI is InChI=1S/C5HB8INO2/c14-3-8-10-4(11-9-3)15-2-1(13-15)6-5(17-16)12-7-2/h16H. The van der Waals surface area contributed by atoms with E-state index in [1.54, 1.807) is 13.7 Å². The van der Waals surface area contributed by atoms with Gasteiger partial charge in [-0.1, -0.05) is 0 Å². The summed E-state index contributed by atoms with van der Waals surface area (Å²) in [4.78, 5) is 6.30. The Hall–Kier alpha value is 0.159. The van der Waals surface area contributed by atoms with E-state index in [1.807, 2.05) is 14.2 Å². The van der Waals surface area contributed by atoms with Crippen molar-refractivity contribution in [2.75, 3.05) is 4.81 Å². The average molecular weight is 320 g/mol. The van der Waals surface area contributed by atoms with Gasteiger partial charge in [-0.3, -0.25) is 0 Å². The third kappa shape index (κ3) is 2.35. The van der Waals surface area contributed by atoms with Crippen LogP contribution in [0.25, 0.3) is 0 Å². The number of hydrogen-bond acceptors (Lipinski definition) is 3. The van der Waals surface area contributed by atoms with Crippen molar-refractivity contribution in [1.82, 2.24) is 0 Å². The van der Waals surface area contributed by atoms with E-state index < -0.39 is 0 Å². The van der Waals surface area contributed by atoms with Crippen molar-refractivity contribution in [2.45, 2.75) is 0 Å². The van der Waals surface area contributed by atoms with E-state index in [0.29, 0.717) is 5.54 Å². The average Bonchev–Trinajstić information content (AvgIpc) is 2.33. The second kappa shape index (κ2) is 5.03. The Morgan fingerprint density at radius 1 is 1.06 bits per heavy atom. The van der Waals surface area contributed by atoms with Crippen LogP contribution in [0.15, 0.2) is 0 Å². The fourth-order valence-corrected chi connectivity index (χ4v) is 2.23. The number of hydrogen-bond donors (Lipinski definition) is 1. The van der Waals surface area contributed by atoms with Gasteiger partial charge in [0.25, 0.3) is 0 Å². The zero-order valence-corrected chi connectivity index (χ0v) is 11.0. The maximum absolute atomic E-state index is 8.56. The maximum atomic E-state index is 8.56. The van der Waals surface area contributed by atoms with Crippen LogP contribution in [0.1, 0.15) is 0 Å². The molecule has 0 bridgehead atoms. The quantitative estimate of drug-likeness (QED) is 0.298. The van der Waals surface area contributed by atoms with Gasteiger partial charge in [0, 0.05) is 0 Å². The summed E-state index contributed by atoms with van der Waals surface area (Å²) in [6.07, 6.45) is 0. The van der Waals surface area contributed by atoms with Crippen molar-refractivity contribution in [3.8, 4) is 5.54 Å². The van der Waals surface area contributed by atoms with Gasteiger partial charge in [-0.25, -0.2) is 0 Å². The van der Waals surface area contributed by atoms with E-state index in [9.17, 15) is 0 Å². The molecule has 3 nitrogen and oxygen atoms in total. The number of halogens is 1. The van der Waals surface area contributed by atoms with Crippen molar-refractivity contribution in [2.24, 2.45) is 0 Å². The van der Waals surface area contributed by atoms with Crippen LogP contribution in [-0.4, -0.2) is 60.4 Å². The number of fused-ring (bicyclic) bond motifs is 1. The molecule has 0 aromatic carbocycles. The second-order valence-corrected chi connectivity index (χ2v) is 5.03. The van der Waals surface area contributed by atoms with Crippen molar-refractivity contribution in [3.05, 3.63) is 3.36 Å². The van der Waals surface area contributed by atoms with E-state index in [0.717, 1.165) is 16.4 Å². The molecular formula is C5HB8INO2. The molecule has 0 fully saturated rings. The summed E-state index contributed by atoms with van der Waals surface area (Å²) in [5.74, 6) is 0. The van der Waals surface area contributed by atoms with E-state index in [-0.39, 0.29) is 0 Å². The molecule has 0 aliphatic carbocycles. The number of rotatable bonds is 2. The Morgan fingerprint density at radius 2 is 1.82 bits per heavy atom. The summed E-state index contributed by atoms with van der Waals surface area (Å²) in [6.45, 7) is 13.8. The SMILES string of the molecule is OOc1bbc2c(b1)[B]N2c1bbc(I)bb1. The molecule has 0 unspecified atom stereocenters. The van der Waals surface area contributed by atoms with Crippen LogP contribution < -0.4 is 15.1 Å². The summed E-state index contributed by atoms with van der Waals surface area (Å²) in [7, 11) is 2.01. The van der Waals surface area contributed by atoms with Crippen molar-refractivity contribution >= 4 is 94.1 Å². The van der Waals surface area contributed by atoms with Crippen LogP contribution in [-0.2, 0) is 0 Å². The van der Waals surface area contributed by atoms with Gasteiger partial charge in [0.05, 0.1) is 0 Å². The topological polar surface area (TPSA) is 32.7 Å². The first-order valence-electron chi connectivity index (χ1n) is 5.13. The molecule has 1 aliphatic heterocycles. The minimum absolute atomic E-state index is 0.460. The monoisotopic (exact) mass is 322 g/mol. The van der Waals surface area contributed by atoms with Crippen molar-refractivity contribution < 1.29 is 10.1 Å². The van der Waals surface area contributed by atoms with E-state index in [1.165, 1.54) is 3.36 Å². The van der Waals surface area contributed by atoms with Gasteiger partial charge in [0.15, 0.2) is 0 Å². The van der Waals surface area contributed by atoms with Gasteiger partial charge < -0.3 is 0 Å². The van der Waals surface area contributed by atoms with E-state index >= 15 is 0 Å². The van der Waals surface area contributed by atoms with Crippen LogP contribution in [0.4, 0.5) is 11.1 Å². The molecule has 0 amide bonds. The molecule has 1 N–H and O–H groups in total. The molecule has 1 radical (unpaired) electrons. The van der Waals surface area contributed by atoms with Gasteiger partial charge in [-0.05, 0) is 0 Å². The molecule has 0 saturated carbocycles. The summed E-state index contributed by atoms with van der Waals surface area (Å²) >= 11 is 2.29. The summed E-state index contributed by atoms with van der Waals surface area (Å²) in [5, 5.41) is 9.63. The minimum atomic E-state index is 0.460. The van der Waals surface area contributed by atoms with Gasteiger partial charge in [0.2, 0.25) is 0 Å². The zero-order valence-electron chi connectivity index (χ0n) is 8.80. The molecule has 17 heavy (non-hydrogen) atoms. The molecule has 0 atom stereocenters. The third-order valence-electron chi connectivity index (χ3n) is 2.74. The third-order valence-corrected chi connectivity index (χ3v) is 3.46. The molecule has 2 aromatic rings. The predicted molar refractivity (Wildman–Crippen MR) is 85.8 cm³/mol. The van der Waals surface area contributed by atoms with Crippen LogP contribution in [0, 0.1) is 3.36 Å². The number of anilines is 2. The van der Waals surface area contributed by atoms with Crippen LogP contribution in [0.2, 0.25) is 0 Å². The zero-order chi connectivity index (χ0) is 11.8. The van der Waals surface area contributed by atoms with Crippen LogP contribution in [0.5, 0.6) is 5.54 Å². The fourth-order valence-electron chi connectivity index (χ4n) is 1.87. The summed E-state index contributed by atoms with van der Waals surface area (Å²) in [6, 6.07) is 0. The van der Waals surface area contributed by atoms with Gasteiger partial charge >= 0.3 is 118 Å². The van der Waals surface area contributed by atoms with Crippen LogP contribution in [0.3, 0.4) is 0 Å².